The first-order valence-electron chi connectivity index (χ1n) is 14.5. The van der Waals surface area contributed by atoms with E-state index in [-0.39, 0.29) is 30.1 Å². The van der Waals surface area contributed by atoms with Gasteiger partial charge in [-0.25, -0.2) is 21.9 Å². The lowest BCUT2D eigenvalue weighted by atomic mass is 9.90. The van der Waals surface area contributed by atoms with Crippen LogP contribution < -0.4 is 0 Å². The van der Waals surface area contributed by atoms with E-state index in [4.69, 9.17) is 0 Å². The normalized spacial score (nSPS) is 20.0. The van der Waals surface area contributed by atoms with Gasteiger partial charge in [0.05, 0.1) is 34.6 Å². The summed E-state index contributed by atoms with van der Waals surface area (Å²) in [6.45, 7) is 2.55. The van der Waals surface area contributed by atoms with Crippen LogP contribution in [0.3, 0.4) is 0 Å². The molecule has 0 saturated carbocycles. The van der Waals surface area contributed by atoms with Crippen molar-refractivity contribution in [2.24, 2.45) is 0 Å². The molecule has 0 N–H and O–H groups in total. The van der Waals surface area contributed by atoms with E-state index in [1.807, 2.05) is 42.5 Å². The van der Waals surface area contributed by atoms with Gasteiger partial charge in [-0.1, -0.05) is 42.5 Å². The quantitative estimate of drug-likeness (QED) is 0.284. The van der Waals surface area contributed by atoms with Gasteiger partial charge in [0.1, 0.15) is 12.0 Å². The molecule has 0 unspecified atom stereocenters. The average Bonchev–Trinajstić information content (AvgIpc) is 3.62. The maximum absolute atomic E-state index is 15.2. The molecule has 10 heteroatoms. The number of aromatic nitrogens is 2. The van der Waals surface area contributed by atoms with Crippen molar-refractivity contribution in [2.45, 2.75) is 42.3 Å². The van der Waals surface area contributed by atoms with Crippen LogP contribution in [0.5, 0.6) is 0 Å². The number of likely N-dealkylation sites (tertiary alicyclic amines) is 2. The van der Waals surface area contributed by atoms with Gasteiger partial charge in [0, 0.05) is 31.2 Å². The highest BCUT2D eigenvalue weighted by Crippen LogP contribution is 2.36. The Kier molecular flexibility index (Phi) is 8.15. The molecule has 2 fully saturated rings. The van der Waals surface area contributed by atoms with Crippen molar-refractivity contribution in [2.75, 3.05) is 32.4 Å². The monoisotopic (exact) mass is 604 g/mol. The van der Waals surface area contributed by atoms with Gasteiger partial charge in [0.25, 0.3) is 5.91 Å². The zero-order chi connectivity index (χ0) is 30.1. The van der Waals surface area contributed by atoms with Gasteiger partial charge < -0.3 is 4.90 Å². The molecule has 2 saturated heterocycles. The third-order valence-corrected chi connectivity index (χ3v) is 9.73. The number of benzene rings is 3. The van der Waals surface area contributed by atoms with Crippen molar-refractivity contribution in [3.05, 3.63) is 113 Å². The largest absolute Gasteiger partial charge is 0.335 e. The Bertz CT molecular complexity index is 1680. The lowest BCUT2D eigenvalue weighted by Crippen LogP contribution is -2.34. The van der Waals surface area contributed by atoms with E-state index < -0.39 is 16.0 Å². The SMILES string of the molecule is CS(=O)(=O)c1ccc(CN2CCC(c3c(C(=O)N4C[C@@H](F)[C@@H](c5ccccc5)C4)cnn3-c3ccc(F)cc3)CC2)cc1. The Balaban J connectivity index is 1.22. The van der Waals surface area contributed by atoms with Crippen LogP contribution in [0.1, 0.15) is 51.9 Å². The van der Waals surface area contributed by atoms with Gasteiger partial charge in [0.2, 0.25) is 0 Å². The fraction of sp³-hybridized carbons (Fsp3) is 0.333. The molecule has 1 amide bonds. The molecule has 2 aliphatic rings. The highest BCUT2D eigenvalue weighted by molar-refractivity contribution is 7.90. The topological polar surface area (TPSA) is 75.5 Å². The molecule has 0 radical (unpaired) electrons. The molecule has 2 atom stereocenters. The number of carbonyl (C=O) groups excluding carboxylic acids is 1. The maximum Gasteiger partial charge on any atom is 0.257 e. The van der Waals surface area contributed by atoms with Crippen molar-refractivity contribution < 1.29 is 22.0 Å². The predicted octanol–water partition coefficient (Wildman–Crippen LogP) is 5.37. The second-order valence-corrected chi connectivity index (χ2v) is 13.6. The second kappa shape index (κ2) is 12.0. The molecule has 4 aromatic rings. The molecular weight excluding hydrogens is 570 g/mol. The van der Waals surface area contributed by atoms with Crippen LogP contribution in [0, 0.1) is 5.82 Å². The minimum atomic E-state index is -3.25. The molecule has 7 nitrogen and oxygen atoms in total. The zero-order valence-electron chi connectivity index (χ0n) is 23.9. The molecule has 43 heavy (non-hydrogen) atoms. The first-order valence-corrected chi connectivity index (χ1v) is 16.4. The highest BCUT2D eigenvalue weighted by atomic mass is 32.2. The molecule has 3 aromatic carbocycles. The van der Waals surface area contributed by atoms with Gasteiger partial charge in [0.15, 0.2) is 9.84 Å². The fourth-order valence-electron chi connectivity index (χ4n) is 6.28. The van der Waals surface area contributed by atoms with E-state index in [1.165, 1.54) is 18.4 Å². The van der Waals surface area contributed by atoms with Gasteiger partial charge in [-0.05, 0) is 73.5 Å². The molecule has 0 bridgehead atoms. The number of sulfone groups is 1. The summed E-state index contributed by atoms with van der Waals surface area (Å²) < 4.78 is 54.3. The van der Waals surface area contributed by atoms with E-state index in [1.54, 1.807) is 40.0 Å². The number of amides is 1. The Labute approximate surface area is 250 Å². The van der Waals surface area contributed by atoms with Crippen LogP contribution in [0.2, 0.25) is 0 Å². The number of hydrogen-bond acceptors (Lipinski definition) is 5. The van der Waals surface area contributed by atoms with Gasteiger partial charge >= 0.3 is 0 Å². The van der Waals surface area contributed by atoms with E-state index >= 15 is 4.39 Å². The number of nitrogens with zero attached hydrogens (tertiary/aromatic N) is 4. The first-order chi connectivity index (χ1) is 20.7. The fourth-order valence-corrected chi connectivity index (χ4v) is 6.91. The molecule has 3 heterocycles. The molecule has 6 rings (SSSR count). The lowest BCUT2D eigenvalue weighted by Gasteiger charge is -2.33. The molecule has 0 aliphatic carbocycles. The third kappa shape index (κ3) is 6.26. The van der Waals surface area contributed by atoms with E-state index in [0.29, 0.717) is 29.2 Å². The molecule has 2 aliphatic heterocycles. The van der Waals surface area contributed by atoms with Crippen molar-refractivity contribution in [1.82, 2.24) is 19.6 Å². The predicted molar refractivity (Wildman–Crippen MR) is 160 cm³/mol. The number of carbonyl (C=O) groups is 1. The molecule has 0 spiro atoms. The van der Waals surface area contributed by atoms with Gasteiger partial charge in [-0.3, -0.25) is 9.69 Å². The van der Waals surface area contributed by atoms with Gasteiger partial charge in [-0.2, -0.15) is 5.10 Å². The highest BCUT2D eigenvalue weighted by Gasteiger charge is 2.39. The van der Waals surface area contributed by atoms with Crippen LogP contribution in [0.4, 0.5) is 8.78 Å². The number of rotatable bonds is 7. The number of halogens is 2. The zero-order valence-corrected chi connectivity index (χ0v) is 24.8. The second-order valence-electron chi connectivity index (χ2n) is 11.5. The van der Waals surface area contributed by atoms with Crippen molar-refractivity contribution in [1.29, 1.82) is 0 Å². The molecular formula is C33H34F2N4O3S. The van der Waals surface area contributed by atoms with Crippen LogP contribution in [-0.2, 0) is 16.4 Å². The summed E-state index contributed by atoms with van der Waals surface area (Å²) in [6.07, 6.45) is 3.15. The van der Waals surface area contributed by atoms with Crippen molar-refractivity contribution in [3.8, 4) is 5.69 Å². The average molecular weight is 605 g/mol. The summed E-state index contributed by atoms with van der Waals surface area (Å²) >= 11 is 0. The number of piperidine rings is 1. The summed E-state index contributed by atoms with van der Waals surface area (Å²) in [7, 11) is -3.25. The summed E-state index contributed by atoms with van der Waals surface area (Å²) in [5.74, 6) is -0.956. The Morgan fingerprint density at radius 3 is 2.26 bits per heavy atom. The van der Waals surface area contributed by atoms with Crippen molar-refractivity contribution in [3.63, 3.8) is 0 Å². The number of alkyl halides is 1. The lowest BCUT2D eigenvalue weighted by molar-refractivity contribution is 0.0779. The summed E-state index contributed by atoms with van der Waals surface area (Å²) in [5.41, 5.74) is 3.80. The maximum atomic E-state index is 15.2. The van der Waals surface area contributed by atoms with Crippen LogP contribution in [-0.4, -0.2) is 72.5 Å². The Morgan fingerprint density at radius 2 is 1.60 bits per heavy atom. The van der Waals surface area contributed by atoms with E-state index in [0.717, 1.165) is 42.8 Å². The Morgan fingerprint density at radius 1 is 0.930 bits per heavy atom. The number of hydrogen-bond donors (Lipinski definition) is 0. The third-order valence-electron chi connectivity index (χ3n) is 8.60. The minimum Gasteiger partial charge on any atom is -0.335 e. The minimum absolute atomic E-state index is 0.0176. The van der Waals surface area contributed by atoms with Crippen LogP contribution >= 0.6 is 0 Å². The summed E-state index contributed by atoms with van der Waals surface area (Å²) in [4.78, 5) is 18.1. The standard InChI is InChI=1S/C33H34F2N4O3S/c1-43(41,42)28-13-7-23(8-14-28)20-37-17-15-25(16-18-37)32-29(19-36-39(32)27-11-9-26(34)10-12-27)33(40)38-21-30(31(35)22-38)24-5-3-2-4-6-24/h2-14,19,25,30-31H,15-18,20-22H2,1H3/t30-,31-/m1/s1. The van der Waals surface area contributed by atoms with Crippen LogP contribution in [0.15, 0.2) is 90.0 Å². The summed E-state index contributed by atoms with van der Waals surface area (Å²) in [5, 5.41) is 4.59. The molecule has 224 valence electrons. The summed E-state index contributed by atoms with van der Waals surface area (Å²) in [6, 6.07) is 22.5. The van der Waals surface area contributed by atoms with E-state index in [2.05, 4.69) is 10.00 Å². The smallest absolute Gasteiger partial charge is 0.257 e. The Hall–Kier alpha value is -3.89. The first kappa shape index (κ1) is 29.2. The molecule has 1 aromatic heterocycles. The van der Waals surface area contributed by atoms with E-state index in [9.17, 15) is 17.6 Å². The van der Waals surface area contributed by atoms with Crippen molar-refractivity contribution >= 4 is 15.7 Å². The van der Waals surface area contributed by atoms with Crippen LogP contribution in [0.25, 0.3) is 5.69 Å². The van der Waals surface area contributed by atoms with Gasteiger partial charge in [-0.15, -0.1) is 0 Å².